The molecule has 1 saturated carbocycles. The van der Waals surface area contributed by atoms with Crippen LogP contribution >= 0.6 is 0 Å². The van der Waals surface area contributed by atoms with E-state index in [0.29, 0.717) is 0 Å². The molecule has 3 rings (SSSR count). The topological polar surface area (TPSA) is 24.9 Å². The molecule has 0 atom stereocenters. The van der Waals surface area contributed by atoms with Gasteiger partial charge in [-0.15, -0.1) is 0 Å². The summed E-state index contributed by atoms with van der Waals surface area (Å²) in [6.45, 7) is 1.08. The number of pyridine rings is 1. The summed E-state index contributed by atoms with van der Waals surface area (Å²) in [7, 11) is 0. The number of anilines is 1. The maximum absolute atomic E-state index is 4.39. The van der Waals surface area contributed by atoms with Gasteiger partial charge < -0.3 is 5.32 Å². The fourth-order valence-electron chi connectivity index (χ4n) is 2.96. The summed E-state index contributed by atoms with van der Waals surface area (Å²) in [6, 6.07) is 10.4. The number of benzene rings is 1. The van der Waals surface area contributed by atoms with Crippen LogP contribution in [0, 0.1) is 5.92 Å². The van der Waals surface area contributed by atoms with Crippen molar-refractivity contribution in [2.75, 3.05) is 11.9 Å². The second-order valence-electron chi connectivity index (χ2n) is 5.24. The van der Waals surface area contributed by atoms with E-state index in [0.717, 1.165) is 18.0 Å². The van der Waals surface area contributed by atoms with Crippen LogP contribution in [0.1, 0.15) is 32.1 Å². The van der Waals surface area contributed by atoms with Crippen LogP contribution in [0.4, 0.5) is 5.69 Å². The van der Waals surface area contributed by atoms with E-state index in [1.165, 1.54) is 43.2 Å². The standard InChI is InChI=1S/C16H20N2/c1-2-6-13(5-1)9-11-17-16-10-12-18-15-8-4-3-7-14(15)16/h3-4,7-8,10,12-13H,1-2,5-6,9,11H2,(H,17,18). The van der Waals surface area contributed by atoms with Gasteiger partial charge in [-0.3, -0.25) is 4.98 Å². The highest BCUT2D eigenvalue weighted by Gasteiger charge is 2.14. The monoisotopic (exact) mass is 240 g/mol. The Morgan fingerprint density at radius 3 is 2.83 bits per heavy atom. The average Bonchev–Trinajstić information content (AvgIpc) is 2.92. The Bertz CT molecular complexity index is 510. The van der Waals surface area contributed by atoms with Crippen molar-refractivity contribution >= 4 is 16.6 Å². The second kappa shape index (κ2) is 5.38. The normalized spacial score (nSPS) is 16.2. The van der Waals surface area contributed by atoms with Gasteiger partial charge in [0.2, 0.25) is 0 Å². The molecule has 2 heteroatoms. The molecule has 2 aromatic rings. The van der Waals surface area contributed by atoms with Gasteiger partial charge in [0.25, 0.3) is 0 Å². The molecule has 0 saturated heterocycles. The van der Waals surface area contributed by atoms with Crippen molar-refractivity contribution in [3.63, 3.8) is 0 Å². The minimum Gasteiger partial charge on any atom is -0.384 e. The Hall–Kier alpha value is -1.57. The number of aromatic nitrogens is 1. The van der Waals surface area contributed by atoms with E-state index in [1.54, 1.807) is 0 Å². The van der Waals surface area contributed by atoms with Crippen LogP contribution in [0.15, 0.2) is 36.5 Å². The van der Waals surface area contributed by atoms with E-state index >= 15 is 0 Å². The summed E-state index contributed by atoms with van der Waals surface area (Å²) < 4.78 is 0. The first-order valence-electron chi connectivity index (χ1n) is 7.01. The van der Waals surface area contributed by atoms with Gasteiger partial charge >= 0.3 is 0 Å². The summed E-state index contributed by atoms with van der Waals surface area (Å²) in [5.41, 5.74) is 2.29. The van der Waals surface area contributed by atoms with Crippen molar-refractivity contribution in [1.29, 1.82) is 0 Å². The minimum atomic E-state index is 0.950. The first kappa shape index (κ1) is 11.5. The van der Waals surface area contributed by atoms with Gasteiger partial charge in [-0.2, -0.15) is 0 Å². The fraction of sp³-hybridized carbons (Fsp3) is 0.438. The molecule has 1 aromatic heterocycles. The summed E-state index contributed by atoms with van der Waals surface area (Å²) in [4.78, 5) is 4.39. The van der Waals surface area contributed by atoms with Crippen molar-refractivity contribution in [2.24, 2.45) is 5.92 Å². The van der Waals surface area contributed by atoms with Crippen LogP contribution in [0.3, 0.4) is 0 Å². The van der Waals surface area contributed by atoms with Gasteiger partial charge in [0.15, 0.2) is 0 Å². The van der Waals surface area contributed by atoms with Crippen molar-refractivity contribution in [3.05, 3.63) is 36.5 Å². The number of nitrogens with zero attached hydrogens (tertiary/aromatic N) is 1. The number of hydrogen-bond acceptors (Lipinski definition) is 2. The predicted octanol–water partition coefficient (Wildman–Crippen LogP) is 4.23. The summed E-state index contributed by atoms with van der Waals surface area (Å²) in [6.07, 6.45) is 8.92. The molecule has 0 bridgehead atoms. The molecule has 1 heterocycles. The Labute approximate surface area is 108 Å². The molecule has 1 aromatic carbocycles. The molecule has 0 aliphatic heterocycles. The van der Waals surface area contributed by atoms with Gasteiger partial charge in [0.05, 0.1) is 5.52 Å². The third-order valence-corrected chi connectivity index (χ3v) is 3.99. The molecular weight excluding hydrogens is 220 g/mol. The summed E-state index contributed by atoms with van der Waals surface area (Å²) in [5.74, 6) is 0.950. The Morgan fingerprint density at radius 2 is 1.94 bits per heavy atom. The molecule has 0 spiro atoms. The zero-order chi connectivity index (χ0) is 12.2. The predicted molar refractivity (Wildman–Crippen MR) is 76.8 cm³/mol. The third kappa shape index (κ3) is 2.47. The Kier molecular flexibility index (Phi) is 3.44. The van der Waals surface area contributed by atoms with Gasteiger partial charge in [-0.25, -0.2) is 0 Å². The second-order valence-corrected chi connectivity index (χ2v) is 5.24. The molecule has 1 aliphatic carbocycles. The van der Waals surface area contributed by atoms with E-state index in [1.807, 2.05) is 12.3 Å². The Morgan fingerprint density at radius 1 is 1.11 bits per heavy atom. The van der Waals surface area contributed by atoms with Crippen LogP contribution in [-0.4, -0.2) is 11.5 Å². The molecular formula is C16H20N2. The Balaban J connectivity index is 1.66. The molecule has 94 valence electrons. The van der Waals surface area contributed by atoms with Crippen LogP contribution in [-0.2, 0) is 0 Å². The molecule has 1 aliphatic rings. The van der Waals surface area contributed by atoms with Crippen LogP contribution in [0.5, 0.6) is 0 Å². The largest absolute Gasteiger partial charge is 0.384 e. The fourth-order valence-corrected chi connectivity index (χ4v) is 2.96. The van der Waals surface area contributed by atoms with Crippen LogP contribution in [0.25, 0.3) is 10.9 Å². The van der Waals surface area contributed by atoms with Crippen molar-refractivity contribution in [2.45, 2.75) is 32.1 Å². The molecule has 18 heavy (non-hydrogen) atoms. The molecule has 1 N–H and O–H groups in total. The number of fused-ring (bicyclic) bond motifs is 1. The molecule has 1 fully saturated rings. The lowest BCUT2D eigenvalue weighted by Crippen LogP contribution is -2.07. The molecule has 0 radical (unpaired) electrons. The maximum atomic E-state index is 4.39. The molecule has 2 nitrogen and oxygen atoms in total. The molecule has 0 amide bonds. The van der Waals surface area contributed by atoms with Gasteiger partial charge in [-0.1, -0.05) is 43.9 Å². The number of nitrogens with one attached hydrogen (secondary N) is 1. The lowest BCUT2D eigenvalue weighted by molar-refractivity contribution is 0.519. The van der Waals surface area contributed by atoms with E-state index in [9.17, 15) is 0 Å². The van der Waals surface area contributed by atoms with Gasteiger partial charge in [-0.05, 0) is 24.5 Å². The summed E-state index contributed by atoms with van der Waals surface area (Å²) >= 11 is 0. The SMILES string of the molecule is c1ccc2c(NCCC3CCCC3)ccnc2c1. The number of hydrogen-bond donors (Lipinski definition) is 1. The van der Waals surface area contributed by atoms with Gasteiger partial charge in [0.1, 0.15) is 0 Å². The third-order valence-electron chi connectivity index (χ3n) is 3.99. The highest BCUT2D eigenvalue weighted by atomic mass is 14.9. The van der Waals surface area contributed by atoms with Crippen molar-refractivity contribution in [1.82, 2.24) is 4.98 Å². The highest BCUT2D eigenvalue weighted by molar-refractivity contribution is 5.90. The number of rotatable bonds is 4. The molecule has 0 unspecified atom stereocenters. The van der Waals surface area contributed by atoms with Crippen molar-refractivity contribution < 1.29 is 0 Å². The van der Waals surface area contributed by atoms with Crippen LogP contribution in [0.2, 0.25) is 0 Å². The maximum Gasteiger partial charge on any atom is 0.0722 e. The zero-order valence-corrected chi connectivity index (χ0v) is 10.7. The van der Waals surface area contributed by atoms with Gasteiger partial charge in [0, 0.05) is 23.8 Å². The van der Waals surface area contributed by atoms with Crippen molar-refractivity contribution in [3.8, 4) is 0 Å². The van der Waals surface area contributed by atoms with E-state index in [-0.39, 0.29) is 0 Å². The lowest BCUT2D eigenvalue weighted by atomic mass is 10.0. The number of para-hydroxylation sites is 1. The van der Waals surface area contributed by atoms with E-state index in [2.05, 4.69) is 34.6 Å². The smallest absolute Gasteiger partial charge is 0.0722 e. The first-order valence-corrected chi connectivity index (χ1v) is 7.01. The average molecular weight is 240 g/mol. The summed E-state index contributed by atoms with van der Waals surface area (Å²) in [5, 5.41) is 4.80. The first-order chi connectivity index (χ1) is 8.93. The minimum absolute atomic E-state index is 0.950. The van der Waals surface area contributed by atoms with Crippen LogP contribution < -0.4 is 5.32 Å². The quantitative estimate of drug-likeness (QED) is 0.865. The highest BCUT2D eigenvalue weighted by Crippen LogP contribution is 2.28. The van der Waals surface area contributed by atoms with E-state index < -0.39 is 0 Å². The van der Waals surface area contributed by atoms with E-state index in [4.69, 9.17) is 0 Å². The lowest BCUT2D eigenvalue weighted by Gasteiger charge is -2.12. The zero-order valence-electron chi connectivity index (χ0n) is 10.7.